The molecule has 1 aromatic carbocycles. The fourth-order valence-corrected chi connectivity index (χ4v) is 2.50. The first-order chi connectivity index (χ1) is 10.7. The van der Waals surface area contributed by atoms with Crippen molar-refractivity contribution in [3.63, 3.8) is 0 Å². The minimum atomic E-state index is -0.0869. The predicted molar refractivity (Wildman–Crippen MR) is 86.9 cm³/mol. The number of pyridine rings is 1. The maximum absolute atomic E-state index is 12.6. The van der Waals surface area contributed by atoms with Crippen LogP contribution in [0.3, 0.4) is 0 Å². The Morgan fingerprint density at radius 1 is 1.18 bits per heavy atom. The van der Waals surface area contributed by atoms with Gasteiger partial charge >= 0.3 is 0 Å². The summed E-state index contributed by atoms with van der Waals surface area (Å²) in [6.07, 6.45) is 2.61. The quantitative estimate of drug-likeness (QED) is 0.803. The molecule has 0 aliphatic carbocycles. The summed E-state index contributed by atoms with van der Waals surface area (Å²) in [6, 6.07) is 13.9. The number of hydrogen-bond acceptors (Lipinski definition) is 2. The molecule has 0 fully saturated rings. The third-order valence-corrected chi connectivity index (χ3v) is 3.73. The van der Waals surface area contributed by atoms with Gasteiger partial charge in [-0.25, -0.2) is 4.98 Å². The lowest BCUT2D eigenvalue weighted by molar-refractivity contribution is 0.0944. The normalized spacial score (nSPS) is 10.8. The highest BCUT2D eigenvalue weighted by Gasteiger charge is 2.17. The van der Waals surface area contributed by atoms with E-state index in [-0.39, 0.29) is 5.91 Å². The molecular weight excluding hydrogens is 274 g/mol. The number of hydrogen-bond donors (Lipinski definition) is 1. The van der Waals surface area contributed by atoms with Crippen molar-refractivity contribution in [2.75, 3.05) is 0 Å². The van der Waals surface area contributed by atoms with Crippen LogP contribution in [0.4, 0.5) is 0 Å². The van der Waals surface area contributed by atoms with Crippen molar-refractivity contribution >= 4 is 11.6 Å². The molecule has 0 atom stereocenters. The Labute approximate surface area is 129 Å². The minimum Gasteiger partial charge on any atom is -0.347 e. The molecule has 2 aromatic heterocycles. The molecule has 4 heteroatoms. The number of carbonyl (C=O) groups excluding carboxylic acids is 1. The average Bonchev–Trinajstić information content (AvgIpc) is 2.92. The number of benzene rings is 1. The highest BCUT2D eigenvalue weighted by atomic mass is 16.1. The molecule has 0 aliphatic heterocycles. The van der Waals surface area contributed by atoms with Gasteiger partial charge in [0, 0.05) is 12.7 Å². The van der Waals surface area contributed by atoms with Gasteiger partial charge in [-0.15, -0.1) is 0 Å². The van der Waals surface area contributed by atoms with Crippen LogP contribution in [-0.2, 0) is 13.0 Å². The molecule has 0 spiro atoms. The summed E-state index contributed by atoms with van der Waals surface area (Å²) >= 11 is 0. The zero-order chi connectivity index (χ0) is 15.5. The van der Waals surface area contributed by atoms with E-state index in [0.717, 1.165) is 23.3 Å². The monoisotopic (exact) mass is 293 g/mol. The number of aryl methyl sites for hydroxylation is 2. The summed E-state index contributed by atoms with van der Waals surface area (Å²) < 4.78 is 1.85. The Kier molecular flexibility index (Phi) is 3.92. The van der Waals surface area contributed by atoms with Gasteiger partial charge in [-0.3, -0.25) is 9.20 Å². The molecule has 0 saturated heterocycles. The third-order valence-electron chi connectivity index (χ3n) is 3.73. The van der Waals surface area contributed by atoms with E-state index >= 15 is 0 Å². The lowest BCUT2D eigenvalue weighted by atomic mass is 10.1. The Morgan fingerprint density at radius 3 is 2.68 bits per heavy atom. The zero-order valence-corrected chi connectivity index (χ0v) is 12.8. The van der Waals surface area contributed by atoms with Gasteiger partial charge in [0.15, 0.2) is 0 Å². The largest absolute Gasteiger partial charge is 0.347 e. The lowest BCUT2D eigenvalue weighted by Crippen LogP contribution is -2.25. The molecule has 1 N–H and O–H groups in total. The first kappa shape index (κ1) is 14.3. The Morgan fingerprint density at radius 2 is 1.95 bits per heavy atom. The molecule has 0 radical (unpaired) electrons. The highest BCUT2D eigenvalue weighted by Crippen LogP contribution is 2.13. The third kappa shape index (κ3) is 2.72. The number of fused-ring (bicyclic) bond motifs is 1. The average molecular weight is 293 g/mol. The second-order valence-electron chi connectivity index (χ2n) is 5.36. The van der Waals surface area contributed by atoms with Crippen molar-refractivity contribution in [1.82, 2.24) is 14.7 Å². The van der Waals surface area contributed by atoms with Crippen LogP contribution < -0.4 is 5.32 Å². The van der Waals surface area contributed by atoms with E-state index in [9.17, 15) is 4.79 Å². The van der Waals surface area contributed by atoms with Crippen molar-refractivity contribution in [3.8, 4) is 0 Å². The number of carbonyl (C=O) groups is 1. The maximum atomic E-state index is 12.6. The van der Waals surface area contributed by atoms with Crippen molar-refractivity contribution in [3.05, 3.63) is 71.2 Å². The summed E-state index contributed by atoms with van der Waals surface area (Å²) in [5.74, 6) is -0.0869. The predicted octanol–water partition coefficient (Wildman–Crippen LogP) is 3.14. The summed E-state index contributed by atoms with van der Waals surface area (Å²) in [7, 11) is 0. The van der Waals surface area contributed by atoms with E-state index < -0.39 is 0 Å². The number of nitrogens with zero attached hydrogens (tertiary/aromatic N) is 2. The van der Waals surface area contributed by atoms with Gasteiger partial charge in [0.2, 0.25) is 0 Å². The lowest BCUT2D eigenvalue weighted by Gasteiger charge is -2.07. The van der Waals surface area contributed by atoms with Crippen LogP contribution in [0.15, 0.2) is 48.7 Å². The van der Waals surface area contributed by atoms with E-state index in [1.165, 1.54) is 5.56 Å². The van der Waals surface area contributed by atoms with Gasteiger partial charge in [-0.05, 0) is 31.0 Å². The van der Waals surface area contributed by atoms with Crippen LogP contribution in [0.25, 0.3) is 5.65 Å². The molecule has 2 heterocycles. The summed E-state index contributed by atoms with van der Waals surface area (Å²) in [5.41, 5.74) is 4.56. The van der Waals surface area contributed by atoms with Crippen LogP contribution in [-0.4, -0.2) is 15.3 Å². The Balaban J connectivity index is 1.84. The maximum Gasteiger partial charge on any atom is 0.270 e. The van der Waals surface area contributed by atoms with Crippen LogP contribution >= 0.6 is 0 Å². The van der Waals surface area contributed by atoms with Crippen LogP contribution in [0.2, 0.25) is 0 Å². The Bertz CT molecular complexity index is 803. The van der Waals surface area contributed by atoms with Gasteiger partial charge in [0.05, 0.1) is 5.69 Å². The SMILES string of the molecule is CCc1nc2ccccn2c1C(=O)NCc1ccc(C)cc1. The molecule has 3 rings (SSSR count). The van der Waals surface area contributed by atoms with Crippen LogP contribution in [0, 0.1) is 6.92 Å². The van der Waals surface area contributed by atoms with Crippen molar-refractivity contribution in [2.24, 2.45) is 0 Å². The van der Waals surface area contributed by atoms with Gasteiger partial charge in [-0.1, -0.05) is 42.8 Å². The fourth-order valence-electron chi connectivity index (χ4n) is 2.50. The summed E-state index contributed by atoms with van der Waals surface area (Å²) in [4.78, 5) is 17.1. The number of amides is 1. The molecule has 0 bridgehead atoms. The number of imidazole rings is 1. The number of rotatable bonds is 4. The highest BCUT2D eigenvalue weighted by molar-refractivity contribution is 5.94. The van der Waals surface area contributed by atoms with E-state index in [1.54, 1.807) is 0 Å². The van der Waals surface area contributed by atoms with Crippen molar-refractivity contribution in [2.45, 2.75) is 26.8 Å². The molecule has 0 aliphatic rings. The van der Waals surface area contributed by atoms with Gasteiger partial charge < -0.3 is 5.32 Å². The second-order valence-corrected chi connectivity index (χ2v) is 5.36. The van der Waals surface area contributed by atoms with Crippen molar-refractivity contribution < 1.29 is 4.79 Å². The zero-order valence-electron chi connectivity index (χ0n) is 12.8. The number of nitrogens with one attached hydrogen (secondary N) is 1. The Hall–Kier alpha value is -2.62. The molecule has 112 valence electrons. The first-order valence-corrected chi connectivity index (χ1v) is 7.48. The van der Waals surface area contributed by atoms with Crippen molar-refractivity contribution in [1.29, 1.82) is 0 Å². The molecule has 1 amide bonds. The molecule has 22 heavy (non-hydrogen) atoms. The first-order valence-electron chi connectivity index (χ1n) is 7.48. The molecule has 4 nitrogen and oxygen atoms in total. The molecule has 0 unspecified atom stereocenters. The topological polar surface area (TPSA) is 46.4 Å². The van der Waals surface area contributed by atoms with Gasteiger partial charge in [0.1, 0.15) is 11.3 Å². The summed E-state index contributed by atoms with van der Waals surface area (Å²) in [6.45, 7) is 4.58. The van der Waals surface area contributed by atoms with Crippen LogP contribution in [0.5, 0.6) is 0 Å². The molecule has 3 aromatic rings. The van der Waals surface area contributed by atoms with E-state index in [4.69, 9.17) is 0 Å². The van der Waals surface area contributed by atoms with E-state index in [2.05, 4.69) is 10.3 Å². The standard InChI is InChI=1S/C18H19N3O/c1-3-15-17(21-11-5-4-6-16(21)20-15)18(22)19-12-14-9-7-13(2)8-10-14/h4-11H,3,12H2,1-2H3,(H,19,22). The second kappa shape index (κ2) is 6.02. The van der Waals surface area contributed by atoms with Crippen LogP contribution in [0.1, 0.15) is 34.2 Å². The smallest absolute Gasteiger partial charge is 0.270 e. The van der Waals surface area contributed by atoms with Gasteiger partial charge in [0.25, 0.3) is 5.91 Å². The number of aromatic nitrogens is 2. The summed E-state index contributed by atoms with van der Waals surface area (Å²) in [5, 5.41) is 2.99. The van der Waals surface area contributed by atoms with E-state index in [0.29, 0.717) is 12.2 Å². The minimum absolute atomic E-state index is 0.0869. The fraction of sp³-hybridized carbons (Fsp3) is 0.222. The van der Waals surface area contributed by atoms with Gasteiger partial charge in [-0.2, -0.15) is 0 Å². The molecular formula is C18H19N3O. The van der Waals surface area contributed by atoms with E-state index in [1.807, 2.05) is 66.9 Å². The molecule has 0 saturated carbocycles.